The largest absolute Gasteiger partial charge is 0.506 e. The molecule has 1 amide bonds. The first-order valence-electron chi connectivity index (χ1n) is 9.86. The van der Waals surface area contributed by atoms with Gasteiger partial charge in [-0.1, -0.05) is 61.8 Å². The second kappa shape index (κ2) is 7.09. The number of halogens is 1. The number of phenols is 1. The lowest BCUT2D eigenvalue weighted by Gasteiger charge is -2.34. The fraction of sp³-hybridized carbons (Fsp3) is 0.435. The van der Waals surface area contributed by atoms with Crippen molar-refractivity contribution in [2.24, 2.45) is 11.8 Å². The smallest absolute Gasteiger partial charge is 0.224 e. The minimum atomic E-state index is -0.0819. The van der Waals surface area contributed by atoms with E-state index in [1.54, 1.807) is 6.07 Å². The number of amides is 1. The van der Waals surface area contributed by atoms with Crippen LogP contribution >= 0.6 is 11.6 Å². The monoisotopic (exact) mass is 398 g/mol. The molecule has 1 aliphatic carbocycles. The molecule has 148 valence electrons. The van der Waals surface area contributed by atoms with Crippen LogP contribution < -0.4 is 5.32 Å². The van der Waals surface area contributed by atoms with E-state index in [1.807, 2.05) is 31.3 Å². The van der Waals surface area contributed by atoms with Crippen LogP contribution in [0, 0.1) is 11.8 Å². The predicted octanol–water partition coefficient (Wildman–Crippen LogP) is 3.74. The van der Waals surface area contributed by atoms with E-state index in [9.17, 15) is 9.90 Å². The van der Waals surface area contributed by atoms with E-state index < -0.39 is 0 Å². The number of hydrogen-bond acceptors (Lipinski definition) is 3. The molecule has 2 aliphatic rings. The van der Waals surface area contributed by atoms with E-state index in [0.717, 1.165) is 17.5 Å². The molecule has 2 aromatic carbocycles. The Hall–Kier alpha value is -2.04. The summed E-state index contributed by atoms with van der Waals surface area (Å²) in [6.07, 6.45) is 0.808. The Morgan fingerprint density at radius 2 is 2.00 bits per heavy atom. The zero-order chi connectivity index (χ0) is 20.1. The van der Waals surface area contributed by atoms with E-state index in [1.165, 1.54) is 5.56 Å². The molecule has 1 aliphatic heterocycles. The van der Waals surface area contributed by atoms with Crippen LogP contribution in [0.25, 0.3) is 0 Å². The number of aromatic hydroxyl groups is 1. The molecule has 2 aromatic rings. The van der Waals surface area contributed by atoms with E-state index in [0.29, 0.717) is 24.0 Å². The molecule has 4 nitrogen and oxygen atoms in total. The molecule has 4 atom stereocenters. The molecule has 2 unspecified atom stereocenters. The Kier molecular flexibility index (Phi) is 4.88. The molecule has 4 rings (SSSR count). The normalized spacial score (nSPS) is 29.2. The van der Waals surface area contributed by atoms with Gasteiger partial charge in [0.25, 0.3) is 0 Å². The molecule has 0 spiro atoms. The van der Waals surface area contributed by atoms with Crippen LogP contribution in [0.4, 0.5) is 0 Å². The van der Waals surface area contributed by atoms with Crippen molar-refractivity contribution in [1.82, 2.24) is 10.2 Å². The first kappa shape index (κ1) is 19.3. The van der Waals surface area contributed by atoms with Gasteiger partial charge in [-0.05, 0) is 42.1 Å². The van der Waals surface area contributed by atoms with Crippen molar-refractivity contribution in [3.05, 3.63) is 64.2 Å². The summed E-state index contributed by atoms with van der Waals surface area (Å²) < 4.78 is 0. The van der Waals surface area contributed by atoms with Gasteiger partial charge in [0.1, 0.15) is 5.75 Å². The quantitative estimate of drug-likeness (QED) is 0.824. The molecule has 1 fully saturated rings. The zero-order valence-electron chi connectivity index (χ0n) is 16.6. The molecule has 2 N–H and O–H groups in total. The van der Waals surface area contributed by atoms with Gasteiger partial charge in [-0.3, -0.25) is 9.69 Å². The summed E-state index contributed by atoms with van der Waals surface area (Å²) in [4.78, 5) is 15.1. The SMILES string of the molecule is CC1C(C(=O)NC[C@@H]2Cc3ccc(O)c(Cl)c3CN2C)[C@]1(C)c1ccccc1. The second-order valence-electron chi connectivity index (χ2n) is 8.47. The van der Waals surface area contributed by atoms with Crippen molar-refractivity contribution >= 4 is 17.5 Å². The molecule has 0 radical (unpaired) electrons. The topological polar surface area (TPSA) is 52.6 Å². The van der Waals surface area contributed by atoms with Crippen molar-refractivity contribution in [1.29, 1.82) is 0 Å². The number of fused-ring (bicyclic) bond motifs is 1. The Bertz CT molecular complexity index is 901. The van der Waals surface area contributed by atoms with Crippen molar-refractivity contribution in [3.63, 3.8) is 0 Å². The van der Waals surface area contributed by atoms with Crippen molar-refractivity contribution in [3.8, 4) is 5.75 Å². The highest BCUT2D eigenvalue weighted by atomic mass is 35.5. The van der Waals surface area contributed by atoms with E-state index >= 15 is 0 Å². The average Bonchev–Trinajstić information content (AvgIpc) is 3.26. The lowest BCUT2D eigenvalue weighted by atomic mass is 9.93. The lowest BCUT2D eigenvalue weighted by Crippen LogP contribution is -2.46. The van der Waals surface area contributed by atoms with Crippen LogP contribution in [0.5, 0.6) is 5.75 Å². The maximum Gasteiger partial charge on any atom is 0.224 e. The van der Waals surface area contributed by atoms with Gasteiger partial charge in [-0.15, -0.1) is 0 Å². The predicted molar refractivity (Wildman–Crippen MR) is 112 cm³/mol. The number of nitrogens with zero attached hydrogens (tertiary/aromatic N) is 1. The highest BCUT2D eigenvalue weighted by Crippen LogP contribution is 2.59. The molecular weight excluding hydrogens is 372 g/mol. The number of nitrogens with one attached hydrogen (secondary N) is 1. The summed E-state index contributed by atoms with van der Waals surface area (Å²) in [7, 11) is 2.04. The van der Waals surface area contributed by atoms with Gasteiger partial charge in [0.15, 0.2) is 0 Å². The minimum Gasteiger partial charge on any atom is -0.506 e. The Morgan fingerprint density at radius 3 is 2.71 bits per heavy atom. The summed E-state index contributed by atoms with van der Waals surface area (Å²) >= 11 is 6.26. The van der Waals surface area contributed by atoms with E-state index in [-0.39, 0.29) is 29.0 Å². The van der Waals surface area contributed by atoms with Gasteiger partial charge in [-0.2, -0.15) is 0 Å². The average molecular weight is 399 g/mol. The summed E-state index contributed by atoms with van der Waals surface area (Å²) in [6, 6.07) is 14.1. The second-order valence-corrected chi connectivity index (χ2v) is 8.85. The lowest BCUT2D eigenvalue weighted by molar-refractivity contribution is -0.123. The number of phenolic OH excluding ortho intramolecular Hbond substituents is 1. The highest BCUT2D eigenvalue weighted by Gasteiger charge is 2.62. The van der Waals surface area contributed by atoms with Crippen molar-refractivity contribution in [2.75, 3.05) is 13.6 Å². The van der Waals surface area contributed by atoms with Crippen molar-refractivity contribution < 1.29 is 9.90 Å². The van der Waals surface area contributed by atoms with Crippen LogP contribution in [0.1, 0.15) is 30.5 Å². The van der Waals surface area contributed by atoms with Gasteiger partial charge in [0.2, 0.25) is 5.91 Å². The number of carbonyl (C=O) groups is 1. The zero-order valence-corrected chi connectivity index (χ0v) is 17.3. The third kappa shape index (κ3) is 3.09. The fourth-order valence-electron chi connectivity index (χ4n) is 4.82. The molecule has 0 bridgehead atoms. The molecule has 0 saturated heterocycles. The Morgan fingerprint density at radius 1 is 1.29 bits per heavy atom. The van der Waals surface area contributed by atoms with Crippen LogP contribution in [0.3, 0.4) is 0 Å². The summed E-state index contributed by atoms with van der Waals surface area (Å²) in [5.74, 6) is 0.620. The van der Waals surface area contributed by atoms with Crippen LogP contribution in [-0.2, 0) is 23.2 Å². The van der Waals surface area contributed by atoms with Gasteiger partial charge in [-0.25, -0.2) is 0 Å². The third-order valence-electron chi connectivity index (χ3n) is 6.98. The standard InChI is InChI=1S/C23H27ClN2O2/c1-14-20(23(14,2)16-7-5-4-6-8-16)22(28)25-12-17-11-15-9-10-19(27)21(24)18(15)13-26(17)3/h4-10,14,17,20,27H,11-13H2,1-3H3,(H,25,28)/t14?,17-,20?,23-/m0/s1. The summed E-state index contributed by atoms with van der Waals surface area (Å²) in [5.41, 5.74) is 3.29. The molecule has 0 aromatic heterocycles. The number of benzene rings is 2. The number of hydrogen-bond donors (Lipinski definition) is 2. The number of likely N-dealkylation sites (N-methyl/N-ethyl adjacent to an activating group) is 1. The summed E-state index contributed by atoms with van der Waals surface area (Å²) in [6.45, 7) is 5.63. The molecule has 1 saturated carbocycles. The number of rotatable bonds is 4. The van der Waals surface area contributed by atoms with Crippen molar-refractivity contribution in [2.45, 2.75) is 38.3 Å². The maximum absolute atomic E-state index is 12.9. The first-order valence-corrected chi connectivity index (χ1v) is 10.2. The molecular formula is C23H27ClN2O2. The van der Waals surface area contributed by atoms with Crippen LogP contribution in [0.15, 0.2) is 42.5 Å². The summed E-state index contributed by atoms with van der Waals surface area (Å²) in [5, 5.41) is 13.5. The maximum atomic E-state index is 12.9. The molecule has 28 heavy (non-hydrogen) atoms. The fourth-order valence-corrected chi connectivity index (χ4v) is 5.07. The van der Waals surface area contributed by atoms with Crippen LogP contribution in [0.2, 0.25) is 5.02 Å². The Balaban J connectivity index is 1.41. The molecule has 5 heteroatoms. The van der Waals surface area contributed by atoms with Gasteiger partial charge >= 0.3 is 0 Å². The minimum absolute atomic E-state index is 0.0162. The van der Waals surface area contributed by atoms with Gasteiger partial charge in [0, 0.05) is 24.5 Å². The third-order valence-corrected chi connectivity index (χ3v) is 7.40. The van der Waals surface area contributed by atoms with E-state index in [2.05, 4.69) is 36.2 Å². The van der Waals surface area contributed by atoms with Crippen LogP contribution in [-0.4, -0.2) is 35.5 Å². The van der Waals surface area contributed by atoms with Gasteiger partial charge < -0.3 is 10.4 Å². The highest BCUT2D eigenvalue weighted by molar-refractivity contribution is 6.32. The first-order chi connectivity index (χ1) is 13.3. The molecule has 1 heterocycles. The Labute approximate surface area is 171 Å². The van der Waals surface area contributed by atoms with E-state index in [4.69, 9.17) is 11.6 Å². The van der Waals surface area contributed by atoms with Gasteiger partial charge in [0.05, 0.1) is 10.9 Å². The number of carbonyl (C=O) groups excluding carboxylic acids is 1.